The summed E-state index contributed by atoms with van der Waals surface area (Å²) in [4.78, 5) is 11.1. The third kappa shape index (κ3) is 6.16. The quantitative estimate of drug-likeness (QED) is 0.616. The van der Waals surface area contributed by atoms with E-state index in [4.69, 9.17) is 4.74 Å². The Bertz CT molecular complexity index is 460. The number of esters is 1. The summed E-state index contributed by atoms with van der Waals surface area (Å²) >= 11 is 0. The highest BCUT2D eigenvalue weighted by atomic mass is 19.4. The van der Waals surface area contributed by atoms with Crippen molar-refractivity contribution in [3.8, 4) is 0 Å². The van der Waals surface area contributed by atoms with Gasteiger partial charge in [-0.05, 0) is 44.5 Å². The molecule has 0 bridgehead atoms. The molecule has 0 radical (unpaired) electrons. The van der Waals surface area contributed by atoms with Crippen LogP contribution in [-0.2, 0) is 15.7 Å². The van der Waals surface area contributed by atoms with Crippen LogP contribution in [0.25, 0.3) is 0 Å². The second kappa shape index (κ2) is 8.02. The van der Waals surface area contributed by atoms with Crippen LogP contribution in [0.1, 0.15) is 43.9 Å². The van der Waals surface area contributed by atoms with Crippen molar-refractivity contribution in [2.45, 2.75) is 38.9 Å². The number of alkyl halides is 3. The molecule has 118 valence electrons. The highest BCUT2D eigenvalue weighted by molar-refractivity contribution is 5.69. The lowest BCUT2D eigenvalue weighted by atomic mass is 10.0. The van der Waals surface area contributed by atoms with Crippen molar-refractivity contribution in [3.63, 3.8) is 0 Å². The van der Waals surface area contributed by atoms with Crippen LogP contribution < -0.4 is 5.32 Å². The van der Waals surface area contributed by atoms with Crippen molar-refractivity contribution in [3.05, 3.63) is 35.4 Å². The van der Waals surface area contributed by atoms with Gasteiger partial charge in [0.25, 0.3) is 0 Å². The van der Waals surface area contributed by atoms with E-state index in [9.17, 15) is 18.0 Å². The second-order valence-electron chi connectivity index (χ2n) is 4.71. The Morgan fingerprint density at radius 2 is 2.10 bits per heavy atom. The Morgan fingerprint density at radius 3 is 2.71 bits per heavy atom. The van der Waals surface area contributed by atoms with Gasteiger partial charge < -0.3 is 10.1 Å². The fraction of sp³-hybridized carbons (Fsp3) is 0.533. The summed E-state index contributed by atoms with van der Waals surface area (Å²) in [7, 11) is 0. The van der Waals surface area contributed by atoms with Crippen molar-refractivity contribution in [1.29, 1.82) is 0 Å². The van der Waals surface area contributed by atoms with Gasteiger partial charge in [0.1, 0.15) is 0 Å². The highest BCUT2D eigenvalue weighted by Gasteiger charge is 2.30. The van der Waals surface area contributed by atoms with Crippen LogP contribution in [0, 0.1) is 0 Å². The van der Waals surface area contributed by atoms with Gasteiger partial charge in [-0.2, -0.15) is 13.2 Å². The maximum atomic E-state index is 12.6. The maximum Gasteiger partial charge on any atom is 0.416 e. The summed E-state index contributed by atoms with van der Waals surface area (Å²) < 4.78 is 42.7. The Labute approximate surface area is 122 Å². The lowest BCUT2D eigenvalue weighted by molar-refractivity contribution is -0.143. The first-order valence-electron chi connectivity index (χ1n) is 6.90. The molecule has 0 fully saturated rings. The molecule has 0 saturated carbocycles. The lowest BCUT2D eigenvalue weighted by Gasteiger charge is -2.16. The van der Waals surface area contributed by atoms with Gasteiger partial charge in [0, 0.05) is 12.5 Å². The van der Waals surface area contributed by atoms with Crippen molar-refractivity contribution >= 4 is 5.97 Å². The maximum absolute atomic E-state index is 12.6. The molecule has 21 heavy (non-hydrogen) atoms. The zero-order valence-electron chi connectivity index (χ0n) is 12.2. The molecular weight excluding hydrogens is 283 g/mol. The van der Waals surface area contributed by atoms with Crippen molar-refractivity contribution in [1.82, 2.24) is 5.32 Å². The van der Waals surface area contributed by atoms with Gasteiger partial charge in [-0.15, -0.1) is 0 Å². The predicted molar refractivity (Wildman–Crippen MR) is 73.7 cm³/mol. The minimum atomic E-state index is -4.33. The Hall–Kier alpha value is -1.56. The first kappa shape index (κ1) is 17.5. The first-order chi connectivity index (χ1) is 9.84. The van der Waals surface area contributed by atoms with Crippen LogP contribution in [0.4, 0.5) is 13.2 Å². The monoisotopic (exact) mass is 303 g/mol. The zero-order valence-corrected chi connectivity index (χ0v) is 12.2. The van der Waals surface area contributed by atoms with Crippen LogP contribution in [0.2, 0.25) is 0 Å². The van der Waals surface area contributed by atoms with Gasteiger partial charge in [0.2, 0.25) is 0 Å². The molecule has 0 aromatic heterocycles. The van der Waals surface area contributed by atoms with Gasteiger partial charge in [-0.3, -0.25) is 4.79 Å². The SMILES string of the molecule is CCOC(=O)CCCNC(C)c1cccc(C(F)(F)F)c1. The van der Waals surface area contributed by atoms with E-state index in [1.165, 1.54) is 6.07 Å². The molecule has 0 amide bonds. The third-order valence-corrected chi connectivity index (χ3v) is 3.03. The smallest absolute Gasteiger partial charge is 0.416 e. The lowest BCUT2D eigenvalue weighted by Crippen LogP contribution is -2.21. The molecule has 1 rings (SSSR count). The number of nitrogens with one attached hydrogen (secondary N) is 1. The standard InChI is InChI=1S/C15H20F3NO2/c1-3-21-14(20)8-5-9-19-11(2)12-6-4-7-13(10-12)15(16,17)18/h4,6-7,10-11,19H,3,5,8-9H2,1-2H3. The molecule has 0 aliphatic rings. The Balaban J connectivity index is 2.45. The zero-order chi connectivity index (χ0) is 15.9. The van der Waals surface area contributed by atoms with Crippen LogP contribution in [0.3, 0.4) is 0 Å². The predicted octanol–water partition coefficient (Wildman–Crippen LogP) is 3.70. The van der Waals surface area contributed by atoms with E-state index >= 15 is 0 Å². The molecule has 0 saturated heterocycles. The Morgan fingerprint density at radius 1 is 1.38 bits per heavy atom. The number of carbonyl (C=O) groups excluding carboxylic acids is 1. The minimum Gasteiger partial charge on any atom is -0.466 e. The summed E-state index contributed by atoms with van der Waals surface area (Å²) in [6.45, 7) is 4.43. The minimum absolute atomic E-state index is 0.213. The molecule has 1 atom stereocenters. The molecule has 0 spiro atoms. The highest BCUT2D eigenvalue weighted by Crippen LogP contribution is 2.30. The topological polar surface area (TPSA) is 38.3 Å². The Kier molecular flexibility index (Phi) is 6.68. The van der Waals surface area contributed by atoms with Gasteiger partial charge in [0.05, 0.1) is 12.2 Å². The number of rotatable bonds is 7. The number of hydrogen-bond acceptors (Lipinski definition) is 3. The molecule has 1 N–H and O–H groups in total. The molecule has 1 unspecified atom stereocenters. The number of halogens is 3. The van der Waals surface area contributed by atoms with E-state index in [0.29, 0.717) is 31.6 Å². The average Bonchev–Trinajstić information content (AvgIpc) is 2.43. The van der Waals surface area contributed by atoms with E-state index in [-0.39, 0.29) is 12.0 Å². The largest absolute Gasteiger partial charge is 0.466 e. The van der Waals surface area contributed by atoms with E-state index in [1.807, 2.05) is 0 Å². The van der Waals surface area contributed by atoms with Gasteiger partial charge >= 0.3 is 12.1 Å². The summed E-state index contributed by atoms with van der Waals surface area (Å²) in [6, 6.07) is 5.03. The van der Waals surface area contributed by atoms with Crippen molar-refractivity contribution < 1.29 is 22.7 Å². The third-order valence-electron chi connectivity index (χ3n) is 3.03. The van der Waals surface area contributed by atoms with Crippen LogP contribution >= 0.6 is 0 Å². The molecule has 6 heteroatoms. The summed E-state index contributed by atoms with van der Waals surface area (Å²) in [5.74, 6) is -0.258. The molecule has 0 heterocycles. The van der Waals surface area contributed by atoms with Crippen molar-refractivity contribution in [2.24, 2.45) is 0 Å². The summed E-state index contributed by atoms with van der Waals surface area (Å²) in [5, 5.41) is 3.10. The number of ether oxygens (including phenoxy) is 1. The first-order valence-corrected chi connectivity index (χ1v) is 6.90. The van der Waals surface area contributed by atoms with E-state index in [0.717, 1.165) is 12.1 Å². The molecular formula is C15H20F3NO2. The van der Waals surface area contributed by atoms with E-state index in [1.54, 1.807) is 19.9 Å². The van der Waals surface area contributed by atoms with E-state index in [2.05, 4.69) is 5.32 Å². The van der Waals surface area contributed by atoms with Crippen LogP contribution in [-0.4, -0.2) is 19.1 Å². The summed E-state index contributed by atoms with van der Waals surface area (Å²) in [5.41, 5.74) is -0.0823. The van der Waals surface area contributed by atoms with Gasteiger partial charge in [-0.1, -0.05) is 12.1 Å². The van der Waals surface area contributed by atoms with Gasteiger partial charge in [0.15, 0.2) is 0 Å². The fourth-order valence-corrected chi connectivity index (χ4v) is 1.89. The molecule has 1 aromatic carbocycles. The molecule has 3 nitrogen and oxygen atoms in total. The van der Waals surface area contributed by atoms with Gasteiger partial charge in [-0.25, -0.2) is 0 Å². The van der Waals surface area contributed by atoms with E-state index < -0.39 is 11.7 Å². The number of hydrogen-bond donors (Lipinski definition) is 1. The second-order valence-corrected chi connectivity index (χ2v) is 4.71. The molecule has 1 aromatic rings. The average molecular weight is 303 g/mol. The van der Waals surface area contributed by atoms with Crippen LogP contribution in [0.15, 0.2) is 24.3 Å². The number of carbonyl (C=O) groups is 1. The molecule has 0 aliphatic carbocycles. The fourth-order valence-electron chi connectivity index (χ4n) is 1.89. The molecule has 0 aliphatic heterocycles. The van der Waals surface area contributed by atoms with Crippen LogP contribution in [0.5, 0.6) is 0 Å². The van der Waals surface area contributed by atoms with Crippen molar-refractivity contribution in [2.75, 3.05) is 13.2 Å². The summed E-state index contributed by atoms with van der Waals surface area (Å²) in [6.07, 6.45) is -3.45. The number of benzene rings is 1. The normalized spacial score (nSPS) is 13.0.